The second-order valence-corrected chi connectivity index (χ2v) is 3.48. The van der Waals surface area contributed by atoms with Gasteiger partial charge in [-0.05, 0) is 6.07 Å². The van der Waals surface area contributed by atoms with Gasteiger partial charge >= 0.3 is 0 Å². The van der Waals surface area contributed by atoms with Crippen LogP contribution in [0.25, 0.3) is 0 Å². The Morgan fingerprint density at radius 3 is 2.86 bits per heavy atom. The first-order valence-electron chi connectivity index (χ1n) is 4.62. The number of aliphatic hydroxyl groups is 1. The Balaban J connectivity index is 2.60. The second-order valence-electron chi connectivity index (χ2n) is 3.48. The maximum Gasteiger partial charge on any atom is 0.147 e. The molecule has 0 saturated carbocycles. The van der Waals surface area contributed by atoms with Gasteiger partial charge < -0.3 is 10.4 Å². The molecule has 1 unspecified atom stereocenters. The fourth-order valence-corrected chi connectivity index (χ4v) is 1.11. The Kier molecular flexibility index (Phi) is 3.98. The highest BCUT2D eigenvalue weighted by Crippen LogP contribution is 2.14. The quantitative estimate of drug-likeness (QED) is 0.765. The lowest BCUT2D eigenvalue weighted by atomic mass is 10.1. The predicted molar refractivity (Wildman–Crippen MR) is 52.3 cm³/mol. The third-order valence-corrected chi connectivity index (χ3v) is 1.88. The van der Waals surface area contributed by atoms with Gasteiger partial charge in [-0.15, -0.1) is 0 Å². The van der Waals surface area contributed by atoms with Crippen LogP contribution in [0.5, 0.6) is 0 Å². The van der Waals surface area contributed by atoms with Gasteiger partial charge in [0.25, 0.3) is 0 Å². The third-order valence-electron chi connectivity index (χ3n) is 1.88. The summed E-state index contributed by atoms with van der Waals surface area (Å²) in [6.45, 7) is 4.28. The fraction of sp³-hybridized carbons (Fsp3) is 0.500. The molecule has 0 fully saturated rings. The van der Waals surface area contributed by atoms with Crippen molar-refractivity contribution in [1.29, 1.82) is 0 Å². The Bertz CT molecular complexity index is 291. The van der Waals surface area contributed by atoms with Crippen molar-refractivity contribution < 1.29 is 9.50 Å². The molecule has 78 valence electrons. The fourth-order valence-electron chi connectivity index (χ4n) is 1.11. The van der Waals surface area contributed by atoms with Gasteiger partial charge in [-0.1, -0.05) is 13.8 Å². The number of nitrogens with zero attached hydrogens (tertiary/aromatic N) is 1. The van der Waals surface area contributed by atoms with E-state index in [1.807, 2.05) is 13.8 Å². The highest BCUT2D eigenvalue weighted by Gasteiger charge is 2.12. The summed E-state index contributed by atoms with van der Waals surface area (Å²) in [5.41, 5.74) is 0.285. The first kappa shape index (κ1) is 11.1. The van der Waals surface area contributed by atoms with Crippen molar-refractivity contribution in [2.24, 2.45) is 0 Å². The Hall–Kier alpha value is -1.00. The topological polar surface area (TPSA) is 45.1 Å². The van der Waals surface area contributed by atoms with Crippen molar-refractivity contribution in [1.82, 2.24) is 10.3 Å². The van der Waals surface area contributed by atoms with E-state index in [-0.39, 0.29) is 11.6 Å². The normalized spacial score (nSPS) is 13.2. The van der Waals surface area contributed by atoms with Crippen LogP contribution in [-0.4, -0.2) is 22.7 Å². The lowest BCUT2D eigenvalue weighted by molar-refractivity contribution is 0.167. The van der Waals surface area contributed by atoms with E-state index >= 15 is 0 Å². The molecule has 1 aromatic heterocycles. The van der Waals surface area contributed by atoms with Crippen LogP contribution in [0.2, 0.25) is 0 Å². The SMILES string of the molecule is CC(C)NCC(O)c1ccncc1F. The van der Waals surface area contributed by atoms with Crippen molar-refractivity contribution in [2.75, 3.05) is 6.54 Å². The molecule has 1 atom stereocenters. The summed E-state index contributed by atoms with van der Waals surface area (Å²) in [4.78, 5) is 3.62. The number of pyridine rings is 1. The van der Waals surface area contributed by atoms with Crippen LogP contribution < -0.4 is 5.32 Å². The first-order chi connectivity index (χ1) is 6.61. The van der Waals surface area contributed by atoms with Crippen LogP contribution in [0.3, 0.4) is 0 Å². The summed E-state index contributed by atoms with van der Waals surface area (Å²) in [6, 6.07) is 1.76. The van der Waals surface area contributed by atoms with E-state index in [9.17, 15) is 9.50 Å². The van der Waals surface area contributed by atoms with Gasteiger partial charge in [0, 0.05) is 24.3 Å². The van der Waals surface area contributed by atoms with Crippen LogP contribution in [0.4, 0.5) is 4.39 Å². The van der Waals surface area contributed by atoms with E-state index in [2.05, 4.69) is 10.3 Å². The Morgan fingerprint density at radius 1 is 1.57 bits per heavy atom. The molecular formula is C10H15FN2O. The number of aromatic nitrogens is 1. The average Bonchev–Trinajstić information content (AvgIpc) is 2.15. The molecule has 3 nitrogen and oxygen atoms in total. The molecule has 14 heavy (non-hydrogen) atoms. The summed E-state index contributed by atoms with van der Waals surface area (Å²) in [6.07, 6.45) is 1.76. The minimum absolute atomic E-state index is 0.273. The molecule has 1 heterocycles. The third kappa shape index (κ3) is 3.05. The van der Waals surface area contributed by atoms with Crippen LogP contribution in [0, 0.1) is 5.82 Å². The summed E-state index contributed by atoms with van der Waals surface area (Å²) >= 11 is 0. The highest BCUT2D eigenvalue weighted by molar-refractivity contribution is 5.15. The minimum Gasteiger partial charge on any atom is -0.387 e. The summed E-state index contributed by atoms with van der Waals surface area (Å²) in [5.74, 6) is -0.467. The van der Waals surface area contributed by atoms with Crippen molar-refractivity contribution >= 4 is 0 Å². The number of hydrogen-bond donors (Lipinski definition) is 2. The van der Waals surface area contributed by atoms with Crippen molar-refractivity contribution in [3.63, 3.8) is 0 Å². The molecule has 0 aliphatic heterocycles. The van der Waals surface area contributed by atoms with Gasteiger partial charge in [-0.25, -0.2) is 4.39 Å². The molecule has 1 rings (SSSR count). The Labute approximate surface area is 83.0 Å². The molecule has 0 aromatic carbocycles. The number of nitrogens with one attached hydrogen (secondary N) is 1. The smallest absolute Gasteiger partial charge is 0.147 e. The standard InChI is InChI=1S/C10H15FN2O/c1-7(2)13-6-10(14)8-3-4-12-5-9(8)11/h3-5,7,10,13-14H,6H2,1-2H3. The molecule has 0 aliphatic carbocycles. The van der Waals surface area contributed by atoms with E-state index in [1.165, 1.54) is 12.3 Å². The molecule has 0 spiro atoms. The van der Waals surface area contributed by atoms with Gasteiger partial charge in [0.1, 0.15) is 5.82 Å². The Morgan fingerprint density at radius 2 is 2.29 bits per heavy atom. The zero-order valence-corrected chi connectivity index (χ0v) is 8.37. The van der Waals surface area contributed by atoms with Crippen molar-refractivity contribution in [2.45, 2.75) is 26.0 Å². The maximum atomic E-state index is 13.1. The molecule has 0 bridgehead atoms. The number of rotatable bonds is 4. The minimum atomic E-state index is -0.819. The van der Waals surface area contributed by atoms with Crippen LogP contribution >= 0.6 is 0 Å². The molecule has 0 saturated heterocycles. The number of halogens is 1. The van der Waals surface area contributed by atoms with E-state index < -0.39 is 11.9 Å². The van der Waals surface area contributed by atoms with E-state index in [0.29, 0.717) is 6.54 Å². The molecule has 0 radical (unpaired) electrons. The van der Waals surface area contributed by atoms with Gasteiger partial charge in [0.05, 0.1) is 12.3 Å². The van der Waals surface area contributed by atoms with Gasteiger partial charge in [0.2, 0.25) is 0 Å². The highest BCUT2D eigenvalue weighted by atomic mass is 19.1. The summed E-state index contributed by atoms with van der Waals surface area (Å²) < 4.78 is 13.1. The largest absolute Gasteiger partial charge is 0.387 e. The summed E-state index contributed by atoms with van der Waals surface area (Å²) in [7, 11) is 0. The molecular weight excluding hydrogens is 183 g/mol. The number of aliphatic hydroxyl groups excluding tert-OH is 1. The molecule has 1 aromatic rings. The summed E-state index contributed by atoms with van der Waals surface area (Å²) in [5, 5.41) is 12.7. The van der Waals surface area contributed by atoms with Crippen LogP contribution in [-0.2, 0) is 0 Å². The molecule has 0 aliphatic rings. The molecule has 4 heteroatoms. The van der Waals surface area contributed by atoms with E-state index in [1.54, 1.807) is 0 Å². The second kappa shape index (κ2) is 5.02. The number of hydrogen-bond acceptors (Lipinski definition) is 3. The van der Waals surface area contributed by atoms with Crippen molar-refractivity contribution in [3.8, 4) is 0 Å². The molecule has 0 amide bonds. The van der Waals surface area contributed by atoms with E-state index in [4.69, 9.17) is 0 Å². The van der Waals surface area contributed by atoms with E-state index in [0.717, 1.165) is 6.20 Å². The predicted octanol–water partition coefficient (Wildman–Crippen LogP) is 1.25. The van der Waals surface area contributed by atoms with Crippen LogP contribution in [0.15, 0.2) is 18.5 Å². The first-order valence-corrected chi connectivity index (χ1v) is 4.62. The van der Waals surface area contributed by atoms with Crippen LogP contribution in [0.1, 0.15) is 25.5 Å². The van der Waals surface area contributed by atoms with Gasteiger partial charge in [0.15, 0.2) is 0 Å². The van der Waals surface area contributed by atoms with Gasteiger partial charge in [-0.3, -0.25) is 4.98 Å². The van der Waals surface area contributed by atoms with Crippen molar-refractivity contribution in [3.05, 3.63) is 29.8 Å². The maximum absolute atomic E-state index is 13.1. The average molecular weight is 198 g/mol. The lowest BCUT2D eigenvalue weighted by Crippen LogP contribution is -2.28. The zero-order chi connectivity index (χ0) is 10.6. The molecule has 2 N–H and O–H groups in total. The monoisotopic (exact) mass is 198 g/mol. The van der Waals surface area contributed by atoms with Gasteiger partial charge in [-0.2, -0.15) is 0 Å². The lowest BCUT2D eigenvalue weighted by Gasteiger charge is -2.14. The zero-order valence-electron chi connectivity index (χ0n) is 8.37.